The second kappa shape index (κ2) is 3.21. The van der Waals surface area contributed by atoms with E-state index in [2.05, 4.69) is 5.32 Å². The van der Waals surface area contributed by atoms with E-state index in [-0.39, 0.29) is 5.43 Å². The van der Waals surface area contributed by atoms with Crippen LogP contribution in [0.5, 0.6) is 0 Å². The van der Waals surface area contributed by atoms with Crippen LogP contribution in [-0.2, 0) is 13.0 Å². The molecule has 0 unspecified atom stereocenters. The van der Waals surface area contributed by atoms with Gasteiger partial charge in [-0.2, -0.15) is 0 Å². The molecule has 3 heteroatoms. The Morgan fingerprint density at radius 3 is 3.07 bits per heavy atom. The monoisotopic (exact) mass is 201 g/mol. The van der Waals surface area contributed by atoms with Gasteiger partial charge in [0.1, 0.15) is 11.3 Å². The van der Waals surface area contributed by atoms with Crippen molar-refractivity contribution in [3.8, 4) is 0 Å². The van der Waals surface area contributed by atoms with E-state index in [1.807, 2.05) is 24.3 Å². The van der Waals surface area contributed by atoms with Gasteiger partial charge in [0.15, 0.2) is 5.43 Å². The molecule has 0 spiro atoms. The minimum atomic E-state index is 0.133. The van der Waals surface area contributed by atoms with Gasteiger partial charge in [-0.25, -0.2) is 0 Å². The van der Waals surface area contributed by atoms with E-state index in [1.54, 1.807) is 0 Å². The molecule has 0 bridgehead atoms. The van der Waals surface area contributed by atoms with Crippen LogP contribution in [0, 0.1) is 0 Å². The molecule has 0 aliphatic carbocycles. The lowest BCUT2D eigenvalue weighted by atomic mass is 10.0. The summed E-state index contributed by atoms with van der Waals surface area (Å²) in [5, 5.41) is 3.89. The van der Waals surface area contributed by atoms with Crippen LogP contribution in [0.1, 0.15) is 11.3 Å². The zero-order valence-corrected chi connectivity index (χ0v) is 8.25. The quantitative estimate of drug-likeness (QED) is 0.701. The predicted octanol–water partition coefficient (Wildman–Crippen LogP) is 1.44. The molecule has 0 radical (unpaired) electrons. The van der Waals surface area contributed by atoms with Crippen LogP contribution in [0.3, 0.4) is 0 Å². The van der Waals surface area contributed by atoms with E-state index in [9.17, 15) is 4.79 Å². The highest BCUT2D eigenvalue weighted by Crippen LogP contribution is 2.17. The second-order valence-electron chi connectivity index (χ2n) is 3.76. The van der Waals surface area contributed by atoms with Gasteiger partial charge in [-0.05, 0) is 25.1 Å². The maximum atomic E-state index is 12.1. The van der Waals surface area contributed by atoms with Crippen LogP contribution in [0.2, 0.25) is 0 Å². The van der Waals surface area contributed by atoms with Gasteiger partial charge in [-0.3, -0.25) is 4.79 Å². The minimum absolute atomic E-state index is 0.133. The molecule has 0 atom stereocenters. The molecule has 0 saturated heterocycles. The summed E-state index contributed by atoms with van der Waals surface area (Å²) in [7, 11) is 0. The fourth-order valence-corrected chi connectivity index (χ4v) is 2.04. The summed E-state index contributed by atoms with van der Waals surface area (Å²) in [6.45, 7) is 1.52. The number of fused-ring (bicyclic) bond motifs is 2. The Kier molecular flexibility index (Phi) is 1.86. The Labute approximate surface area is 86.7 Å². The smallest absolute Gasteiger partial charge is 0.196 e. The normalized spacial score (nSPS) is 15.2. The van der Waals surface area contributed by atoms with E-state index in [1.165, 1.54) is 0 Å². The number of nitrogens with one attached hydrogen (secondary N) is 1. The Morgan fingerprint density at radius 1 is 1.27 bits per heavy atom. The van der Waals surface area contributed by atoms with E-state index < -0.39 is 0 Å². The first-order valence-electron chi connectivity index (χ1n) is 5.10. The SMILES string of the molecule is O=c1c2c(oc3ccccc13)CNCC2. The molecule has 1 aromatic carbocycles. The molecule has 3 nitrogen and oxygen atoms in total. The van der Waals surface area contributed by atoms with Gasteiger partial charge in [0.05, 0.1) is 11.9 Å². The van der Waals surface area contributed by atoms with Crippen molar-refractivity contribution in [1.82, 2.24) is 5.32 Å². The maximum absolute atomic E-state index is 12.1. The molecule has 0 fully saturated rings. The van der Waals surface area contributed by atoms with Crippen molar-refractivity contribution in [3.05, 3.63) is 45.8 Å². The highest BCUT2D eigenvalue weighted by molar-refractivity contribution is 5.77. The molecule has 0 saturated carbocycles. The van der Waals surface area contributed by atoms with Crippen LogP contribution < -0.4 is 10.7 Å². The third-order valence-electron chi connectivity index (χ3n) is 2.81. The summed E-state index contributed by atoms with van der Waals surface area (Å²) >= 11 is 0. The fourth-order valence-electron chi connectivity index (χ4n) is 2.04. The number of rotatable bonds is 0. The lowest BCUT2D eigenvalue weighted by Crippen LogP contribution is -2.28. The highest BCUT2D eigenvalue weighted by atomic mass is 16.3. The molecule has 1 aromatic heterocycles. The van der Waals surface area contributed by atoms with Crippen molar-refractivity contribution < 1.29 is 4.42 Å². The first-order chi connectivity index (χ1) is 7.36. The first kappa shape index (κ1) is 8.68. The van der Waals surface area contributed by atoms with Crippen molar-refractivity contribution in [3.63, 3.8) is 0 Å². The summed E-state index contributed by atoms with van der Waals surface area (Å²) in [5.41, 5.74) is 1.66. The molecule has 15 heavy (non-hydrogen) atoms. The molecule has 76 valence electrons. The predicted molar refractivity (Wildman–Crippen MR) is 57.9 cm³/mol. The minimum Gasteiger partial charge on any atom is -0.459 e. The lowest BCUT2D eigenvalue weighted by molar-refractivity contribution is 0.470. The third kappa shape index (κ3) is 1.27. The molecule has 0 amide bonds. The van der Waals surface area contributed by atoms with E-state index in [4.69, 9.17) is 4.42 Å². The van der Waals surface area contributed by atoms with Crippen LogP contribution in [0.4, 0.5) is 0 Å². The van der Waals surface area contributed by atoms with Crippen LogP contribution in [0.15, 0.2) is 33.5 Å². The van der Waals surface area contributed by atoms with Crippen LogP contribution in [-0.4, -0.2) is 6.54 Å². The fraction of sp³-hybridized carbons (Fsp3) is 0.250. The van der Waals surface area contributed by atoms with Crippen molar-refractivity contribution >= 4 is 11.0 Å². The molecular weight excluding hydrogens is 190 g/mol. The van der Waals surface area contributed by atoms with Gasteiger partial charge in [0.25, 0.3) is 0 Å². The van der Waals surface area contributed by atoms with Gasteiger partial charge in [0.2, 0.25) is 0 Å². The van der Waals surface area contributed by atoms with Gasteiger partial charge < -0.3 is 9.73 Å². The van der Waals surface area contributed by atoms with Crippen LogP contribution in [0.25, 0.3) is 11.0 Å². The molecule has 1 aliphatic rings. The summed E-state index contributed by atoms with van der Waals surface area (Å²) in [4.78, 5) is 12.1. The van der Waals surface area contributed by atoms with Gasteiger partial charge in [0, 0.05) is 5.56 Å². The highest BCUT2D eigenvalue weighted by Gasteiger charge is 2.16. The third-order valence-corrected chi connectivity index (χ3v) is 2.81. The lowest BCUT2D eigenvalue weighted by Gasteiger charge is -2.15. The summed E-state index contributed by atoms with van der Waals surface area (Å²) < 4.78 is 5.70. The number of hydrogen-bond donors (Lipinski definition) is 1. The number of hydrogen-bond acceptors (Lipinski definition) is 3. The Bertz CT molecular complexity index is 571. The topological polar surface area (TPSA) is 42.2 Å². The standard InChI is InChI=1S/C12H11NO2/c14-12-8-3-1-2-4-10(8)15-11-7-13-6-5-9(11)12/h1-4,13H,5-7H2. The molecule has 1 N–H and O–H groups in total. The Morgan fingerprint density at radius 2 is 2.13 bits per heavy atom. The molecular formula is C12H11NO2. The average Bonchev–Trinajstić information content (AvgIpc) is 2.30. The first-order valence-corrected chi connectivity index (χ1v) is 5.10. The zero-order chi connectivity index (χ0) is 10.3. The Balaban J connectivity index is 2.41. The van der Waals surface area contributed by atoms with E-state index in [0.29, 0.717) is 17.5 Å². The zero-order valence-electron chi connectivity index (χ0n) is 8.25. The molecule has 2 aromatic rings. The largest absolute Gasteiger partial charge is 0.459 e. The average molecular weight is 201 g/mol. The summed E-state index contributed by atoms with van der Waals surface area (Å²) in [5.74, 6) is 0.796. The van der Waals surface area contributed by atoms with Gasteiger partial charge in [-0.1, -0.05) is 12.1 Å². The van der Waals surface area contributed by atoms with E-state index in [0.717, 1.165) is 24.3 Å². The molecule has 3 rings (SSSR count). The van der Waals surface area contributed by atoms with Gasteiger partial charge in [-0.15, -0.1) is 0 Å². The Hall–Kier alpha value is -1.61. The summed E-state index contributed by atoms with van der Waals surface area (Å²) in [6, 6.07) is 7.41. The van der Waals surface area contributed by atoms with Crippen molar-refractivity contribution in [2.75, 3.05) is 6.54 Å². The van der Waals surface area contributed by atoms with Crippen LogP contribution >= 0.6 is 0 Å². The number of para-hydroxylation sites is 1. The maximum Gasteiger partial charge on any atom is 0.196 e. The van der Waals surface area contributed by atoms with Crippen molar-refractivity contribution in [2.24, 2.45) is 0 Å². The second-order valence-corrected chi connectivity index (χ2v) is 3.76. The van der Waals surface area contributed by atoms with Crippen molar-refractivity contribution in [2.45, 2.75) is 13.0 Å². The van der Waals surface area contributed by atoms with E-state index >= 15 is 0 Å². The number of benzene rings is 1. The molecule has 2 heterocycles. The van der Waals surface area contributed by atoms with Crippen molar-refractivity contribution in [1.29, 1.82) is 0 Å². The van der Waals surface area contributed by atoms with Gasteiger partial charge >= 0.3 is 0 Å². The summed E-state index contributed by atoms with van der Waals surface area (Å²) in [6.07, 6.45) is 0.766. The molecule has 1 aliphatic heterocycles.